The molecule has 0 aliphatic heterocycles. The molecule has 0 aromatic heterocycles. The molecule has 0 heterocycles. The maximum atomic E-state index is 11.8. The van der Waals surface area contributed by atoms with Crippen molar-refractivity contribution < 1.29 is 9.90 Å². The third-order valence-corrected chi connectivity index (χ3v) is 2.19. The number of rotatable bonds is 2. The Kier molecular flexibility index (Phi) is 2.76. The van der Waals surface area contributed by atoms with Gasteiger partial charge in [-0.25, -0.2) is 0 Å². The molecule has 1 rings (SSSR count). The molecular weight excluding hydrogens is 176 g/mol. The summed E-state index contributed by atoms with van der Waals surface area (Å²) in [5.41, 5.74) is 1.25. The molecule has 0 saturated heterocycles. The van der Waals surface area contributed by atoms with Crippen molar-refractivity contribution in [2.45, 2.75) is 33.3 Å². The van der Waals surface area contributed by atoms with Crippen LogP contribution in [0.5, 0.6) is 0 Å². The molecule has 76 valence electrons. The van der Waals surface area contributed by atoms with E-state index in [1.165, 1.54) is 13.8 Å². The third-order valence-electron chi connectivity index (χ3n) is 2.19. The lowest BCUT2D eigenvalue weighted by molar-refractivity contribution is 0.0487. The molecular formula is C12H16O2. The lowest BCUT2D eigenvalue weighted by Gasteiger charge is -2.17. The summed E-state index contributed by atoms with van der Waals surface area (Å²) in [7, 11) is 0. The predicted molar refractivity (Wildman–Crippen MR) is 56.5 cm³/mol. The highest BCUT2D eigenvalue weighted by Crippen LogP contribution is 2.17. The molecule has 0 spiro atoms. The molecule has 0 bridgehead atoms. The second-order valence-corrected chi connectivity index (χ2v) is 4.21. The highest BCUT2D eigenvalue weighted by Gasteiger charge is 2.26. The van der Waals surface area contributed by atoms with Gasteiger partial charge in [0, 0.05) is 5.56 Å². The summed E-state index contributed by atoms with van der Waals surface area (Å²) in [5, 5.41) is 9.61. The van der Waals surface area contributed by atoms with E-state index in [1.54, 1.807) is 0 Å². The van der Waals surface area contributed by atoms with Crippen LogP contribution in [0.1, 0.15) is 35.3 Å². The smallest absolute Gasteiger partial charge is 0.194 e. The van der Waals surface area contributed by atoms with E-state index in [1.807, 2.05) is 32.0 Å². The van der Waals surface area contributed by atoms with Crippen molar-refractivity contribution in [2.24, 2.45) is 0 Å². The van der Waals surface area contributed by atoms with Gasteiger partial charge in [0.25, 0.3) is 0 Å². The Bertz CT molecular complexity index is 359. The number of ketones is 1. The first kappa shape index (κ1) is 10.9. The molecule has 2 nitrogen and oxygen atoms in total. The SMILES string of the molecule is Cc1ccc(C)c(C(=O)C(C)(C)O)c1. The molecule has 0 amide bonds. The summed E-state index contributed by atoms with van der Waals surface area (Å²) in [4.78, 5) is 11.8. The van der Waals surface area contributed by atoms with E-state index in [-0.39, 0.29) is 5.78 Å². The Balaban J connectivity index is 3.19. The first-order valence-corrected chi connectivity index (χ1v) is 4.67. The van der Waals surface area contributed by atoms with Gasteiger partial charge < -0.3 is 5.11 Å². The molecule has 0 fully saturated rings. The molecule has 14 heavy (non-hydrogen) atoms. The number of carbonyl (C=O) groups excluding carboxylic acids is 1. The average Bonchev–Trinajstić information content (AvgIpc) is 2.06. The van der Waals surface area contributed by atoms with E-state index >= 15 is 0 Å². The number of carbonyl (C=O) groups is 1. The van der Waals surface area contributed by atoms with E-state index in [9.17, 15) is 9.90 Å². The molecule has 0 aliphatic carbocycles. The fourth-order valence-electron chi connectivity index (χ4n) is 1.31. The van der Waals surface area contributed by atoms with Gasteiger partial charge >= 0.3 is 0 Å². The number of Topliss-reactive ketones (excluding diaryl/α,β-unsaturated/α-hetero) is 1. The van der Waals surface area contributed by atoms with Crippen molar-refractivity contribution in [1.82, 2.24) is 0 Å². The Labute approximate surface area is 84.6 Å². The first-order chi connectivity index (χ1) is 6.32. The summed E-state index contributed by atoms with van der Waals surface area (Å²) in [6.07, 6.45) is 0. The largest absolute Gasteiger partial charge is 0.382 e. The third kappa shape index (κ3) is 2.20. The Morgan fingerprint density at radius 1 is 1.29 bits per heavy atom. The highest BCUT2D eigenvalue weighted by molar-refractivity contribution is 6.02. The van der Waals surface area contributed by atoms with Crippen molar-refractivity contribution in [3.8, 4) is 0 Å². The number of hydrogen-bond donors (Lipinski definition) is 1. The highest BCUT2D eigenvalue weighted by atomic mass is 16.3. The van der Waals surface area contributed by atoms with Crippen LogP contribution >= 0.6 is 0 Å². The van der Waals surface area contributed by atoms with Crippen LogP contribution in [0.4, 0.5) is 0 Å². The number of benzene rings is 1. The van der Waals surface area contributed by atoms with Crippen molar-refractivity contribution in [3.63, 3.8) is 0 Å². The van der Waals surface area contributed by atoms with Crippen LogP contribution in [0, 0.1) is 13.8 Å². The van der Waals surface area contributed by atoms with Crippen molar-refractivity contribution in [1.29, 1.82) is 0 Å². The van der Waals surface area contributed by atoms with Crippen LogP contribution in [0.25, 0.3) is 0 Å². The first-order valence-electron chi connectivity index (χ1n) is 4.67. The van der Waals surface area contributed by atoms with Crippen LogP contribution in [-0.4, -0.2) is 16.5 Å². The van der Waals surface area contributed by atoms with Gasteiger partial charge in [0.15, 0.2) is 5.78 Å². The van der Waals surface area contributed by atoms with Crippen LogP contribution < -0.4 is 0 Å². The average molecular weight is 192 g/mol. The van der Waals surface area contributed by atoms with Crippen LogP contribution in [0.3, 0.4) is 0 Å². The summed E-state index contributed by atoms with van der Waals surface area (Å²) in [5.74, 6) is -0.223. The normalized spacial score (nSPS) is 11.5. The minimum atomic E-state index is -1.29. The van der Waals surface area contributed by atoms with Gasteiger partial charge in [-0.3, -0.25) is 4.79 Å². The van der Waals surface area contributed by atoms with Gasteiger partial charge in [0.2, 0.25) is 0 Å². The van der Waals surface area contributed by atoms with Gasteiger partial charge in [-0.2, -0.15) is 0 Å². The monoisotopic (exact) mass is 192 g/mol. The summed E-state index contributed by atoms with van der Waals surface area (Å²) in [6, 6.07) is 5.67. The molecule has 0 unspecified atom stereocenters. The van der Waals surface area contributed by atoms with Gasteiger partial charge in [-0.1, -0.05) is 17.7 Å². The van der Waals surface area contributed by atoms with Crippen LogP contribution in [-0.2, 0) is 0 Å². The van der Waals surface area contributed by atoms with Crippen molar-refractivity contribution >= 4 is 5.78 Å². The second kappa shape index (κ2) is 3.54. The molecule has 0 aliphatic rings. The molecule has 0 radical (unpaired) electrons. The van der Waals surface area contributed by atoms with Crippen molar-refractivity contribution in [2.75, 3.05) is 0 Å². The molecule has 2 heteroatoms. The molecule has 1 aromatic rings. The molecule has 1 aromatic carbocycles. The lowest BCUT2D eigenvalue weighted by atomic mass is 9.92. The molecule has 1 N–H and O–H groups in total. The summed E-state index contributed by atoms with van der Waals surface area (Å²) < 4.78 is 0. The number of aliphatic hydroxyl groups is 1. The van der Waals surface area contributed by atoms with Gasteiger partial charge in [0.1, 0.15) is 5.60 Å². The second-order valence-electron chi connectivity index (χ2n) is 4.21. The van der Waals surface area contributed by atoms with E-state index < -0.39 is 5.60 Å². The van der Waals surface area contributed by atoms with E-state index in [0.29, 0.717) is 5.56 Å². The topological polar surface area (TPSA) is 37.3 Å². The fraction of sp³-hybridized carbons (Fsp3) is 0.417. The number of hydrogen-bond acceptors (Lipinski definition) is 2. The Hall–Kier alpha value is -1.15. The van der Waals surface area contributed by atoms with Crippen LogP contribution in [0.15, 0.2) is 18.2 Å². The van der Waals surface area contributed by atoms with E-state index in [2.05, 4.69) is 0 Å². The molecule has 0 atom stereocenters. The minimum Gasteiger partial charge on any atom is -0.382 e. The molecule has 0 saturated carbocycles. The summed E-state index contributed by atoms with van der Waals surface area (Å²) >= 11 is 0. The standard InChI is InChI=1S/C12H16O2/c1-8-5-6-9(2)10(7-8)11(13)12(3,4)14/h5-7,14H,1-4H3. The quantitative estimate of drug-likeness (QED) is 0.730. The lowest BCUT2D eigenvalue weighted by Crippen LogP contribution is -2.31. The Morgan fingerprint density at radius 3 is 2.36 bits per heavy atom. The van der Waals surface area contributed by atoms with E-state index in [4.69, 9.17) is 0 Å². The zero-order valence-corrected chi connectivity index (χ0v) is 9.09. The minimum absolute atomic E-state index is 0.223. The van der Waals surface area contributed by atoms with Gasteiger partial charge in [0.05, 0.1) is 0 Å². The van der Waals surface area contributed by atoms with Crippen molar-refractivity contribution in [3.05, 3.63) is 34.9 Å². The fourth-order valence-corrected chi connectivity index (χ4v) is 1.31. The maximum absolute atomic E-state index is 11.8. The zero-order valence-electron chi connectivity index (χ0n) is 9.09. The number of aryl methyl sites for hydroxylation is 2. The Morgan fingerprint density at radius 2 is 1.86 bits per heavy atom. The predicted octanol–water partition coefficient (Wildman–Crippen LogP) is 2.26. The van der Waals surface area contributed by atoms with Gasteiger partial charge in [-0.15, -0.1) is 0 Å². The van der Waals surface area contributed by atoms with E-state index in [0.717, 1.165) is 11.1 Å². The van der Waals surface area contributed by atoms with Gasteiger partial charge in [-0.05, 0) is 39.3 Å². The summed E-state index contributed by atoms with van der Waals surface area (Å²) in [6.45, 7) is 6.83. The zero-order chi connectivity index (χ0) is 10.9. The maximum Gasteiger partial charge on any atom is 0.194 e. The van der Waals surface area contributed by atoms with Crippen LogP contribution in [0.2, 0.25) is 0 Å².